The lowest BCUT2D eigenvalue weighted by Gasteiger charge is -2.26. The molecule has 128 valence electrons. The molecule has 0 unspecified atom stereocenters. The van der Waals surface area contributed by atoms with Crippen molar-refractivity contribution in [2.75, 3.05) is 13.2 Å². The first kappa shape index (κ1) is 17.1. The highest BCUT2D eigenvalue weighted by Crippen LogP contribution is 2.67. The first-order chi connectivity index (χ1) is 11.4. The number of benzene rings is 2. The summed E-state index contributed by atoms with van der Waals surface area (Å²) < 4.78 is 58.4. The summed E-state index contributed by atoms with van der Waals surface area (Å²) in [5.74, 6) is 0. The Balaban J connectivity index is 2.29. The minimum Gasteiger partial charge on any atom is -0.456 e. The SMILES string of the molecule is CCOP(=O)(OCC)C(F)(F)c1cccc2oc3ccccc3c12. The monoisotopic (exact) mass is 354 g/mol. The van der Waals surface area contributed by atoms with Crippen LogP contribution >= 0.6 is 7.60 Å². The van der Waals surface area contributed by atoms with Crippen LogP contribution in [0.1, 0.15) is 19.4 Å². The molecular weight excluding hydrogens is 337 g/mol. The Bertz CT molecular complexity index is 909. The quantitative estimate of drug-likeness (QED) is 0.517. The summed E-state index contributed by atoms with van der Waals surface area (Å²) in [5.41, 5.74) is -3.44. The van der Waals surface area contributed by atoms with Crippen molar-refractivity contribution in [3.8, 4) is 0 Å². The topological polar surface area (TPSA) is 48.7 Å². The average molecular weight is 354 g/mol. The Hall–Kier alpha value is -1.75. The zero-order chi connectivity index (χ0) is 17.4. The molecule has 4 nitrogen and oxygen atoms in total. The van der Waals surface area contributed by atoms with Crippen molar-refractivity contribution in [3.63, 3.8) is 0 Å². The second kappa shape index (κ2) is 6.28. The van der Waals surface area contributed by atoms with E-state index in [9.17, 15) is 4.57 Å². The van der Waals surface area contributed by atoms with E-state index in [1.54, 1.807) is 30.3 Å². The van der Waals surface area contributed by atoms with E-state index in [1.165, 1.54) is 26.0 Å². The minimum atomic E-state index is -4.68. The normalized spacial score (nSPS) is 13.0. The zero-order valence-corrected chi connectivity index (χ0v) is 14.2. The summed E-state index contributed by atoms with van der Waals surface area (Å²) in [7, 11) is -4.68. The van der Waals surface area contributed by atoms with Gasteiger partial charge in [0.25, 0.3) is 0 Å². The second-order valence-electron chi connectivity index (χ2n) is 5.15. The van der Waals surface area contributed by atoms with Crippen LogP contribution in [0.15, 0.2) is 46.9 Å². The molecule has 0 spiro atoms. The molecular formula is C17H17F2O4P. The first-order valence-corrected chi connectivity index (χ1v) is 9.16. The number of hydrogen-bond donors (Lipinski definition) is 0. The standard InChI is InChI=1S/C17H17F2O4P/c1-3-21-24(20,22-4-2)17(18,19)13-9-7-11-15-16(13)12-8-5-6-10-14(12)23-15/h5-11H,3-4H2,1-2H3. The van der Waals surface area contributed by atoms with E-state index in [0.717, 1.165) is 0 Å². The molecule has 0 saturated carbocycles. The van der Waals surface area contributed by atoms with Gasteiger partial charge in [-0.1, -0.05) is 30.3 Å². The van der Waals surface area contributed by atoms with Gasteiger partial charge in [-0.25, -0.2) is 0 Å². The summed E-state index contributed by atoms with van der Waals surface area (Å²) in [5, 5.41) is 0.750. The van der Waals surface area contributed by atoms with Gasteiger partial charge in [0, 0.05) is 16.3 Å². The lowest BCUT2D eigenvalue weighted by Crippen LogP contribution is -2.18. The highest BCUT2D eigenvalue weighted by Gasteiger charge is 2.55. The Morgan fingerprint density at radius 1 is 1.00 bits per heavy atom. The van der Waals surface area contributed by atoms with Crippen LogP contribution < -0.4 is 0 Å². The van der Waals surface area contributed by atoms with E-state index in [1.807, 2.05) is 0 Å². The molecule has 1 heterocycles. The number of alkyl halides is 2. The van der Waals surface area contributed by atoms with Crippen molar-refractivity contribution < 1.29 is 26.8 Å². The van der Waals surface area contributed by atoms with Gasteiger partial charge in [-0.15, -0.1) is 0 Å². The smallest absolute Gasteiger partial charge is 0.404 e. The summed E-state index contributed by atoms with van der Waals surface area (Å²) in [6, 6.07) is 11.1. The maximum absolute atomic E-state index is 15.2. The maximum Gasteiger partial charge on any atom is 0.404 e. The number of hydrogen-bond acceptors (Lipinski definition) is 4. The van der Waals surface area contributed by atoms with Crippen LogP contribution in [0.25, 0.3) is 21.9 Å². The van der Waals surface area contributed by atoms with Crippen molar-refractivity contribution in [1.29, 1.82) is 0 Å². The third-order valence-electron chi connectivity index (χ3n) is 3.67. The van der Waals surface area contributed by atoms with Crippen molar-refractivity contribution in [3.05, 3.63) is 48.0 Å². The molecule has 1 aromatic heterocycles. The molecule has 3 rings (SSSR count). The Morgan fingerprint density at radius 3 is 2.29 bits per heavy atom. The second-order valence-corrected chi connectivity index (χ2v) is 7.22. The third kappa shape index (κ3) is 2.55. The molecule has 0 radical (unpaired) electrons. The summed E-state index contributed by atoms with van der Waals surface area (Å²) in [4.78, 5) is 0. The molecule has 0 atom stereocenters. The maximum atomic E-state index is 15.2. The van der Waals surface area contributed by atoms with Gasteiger partial charge in [-0.2, -0.15) is 8.78 Å². The van der Waals surface area contributed by atoms with E-state index in [2.05, 4.69) is 0 Å². The van der Waals surface area contributed by atoms with Crippen LogP contribution in [-0.4, -0.2) is 13.2 Å². The van der Waals surface area contributed by atoms with Crippen LogP contribution in [0, 0.1) is 0 Å². The number of fused-ring (bicyclic) bond motifs is 3. The molecule has 0 amide bonds. The number of rotatable bonds is 6. The largest absolute Gasteiger partial charge is 0.456 e. The summed E-state index contributed by atoms with van der Waals surface area (Å²) in [6.07, 6.45) is 0. The Kier molecular flexibility index (Phi) is 4.47. The number of para-hydroxylation sites is 1. The molecule has 7 heteroatoms. The van der Waals surface area contributed by atoms with Crippen molar-refractivity contribution in [2.45, 2.75) is 19.5 Å². The summed E-state index contributed by atoms with van der Waals surface area (Å²) in [6.45, 7) is 2.70. The first-order valence-electron chi connectivity index (χ1n) is 7.62. The van der Waals surface area contributed by atoms with Gasteiger partial charge >= 0.3 is 13.3 Å². The predicted molar refractivity (Wildman–Crippen MR) is 88.5 cm³/mol. The van der Waals surface area contributed by atoms with Gasteiger partial charge in [0.05, 0.1) is 13.2 Å². The van der Waals surface area contributed by atoms with Gasteiger partial charge in [0.15, 0.2) is 0 Å². The molecule has 0 fully saturated rings. The summed E-state index contributed by atoms with van der Waals surface area (Å²) >= 11 is 0. The lowest BCUT2D eigenvalue weighted by atomic mass is 10.1. The Morgan fingerprint density at radius 2 is 1.62 bits per heavy atom. The molecule has 0 aliphatic rings. The van der Waals surface area contributed by atoms with Crippen molar-refractivity contribution >= 4 is 29.5 Å². The molecule has 2 aromatic carbocycles. The lowest BCUT2D eigenvalue weighted by molar-refractivity contribution is 0.0373. The van der Waals surface area contributed by atoms with Crippen LogP contribution in [-0.2, 0) is 19.3 Å². The fourth-order valence-electron chi connectivity index (χ4n) is 2.71. The predicted octanol–water partition coefficient (Wildman–Crippen LogP) is 5.90. The van der Waals surface area contributed by atoms with E-state index >= 15 is 8.78 Å². The minimum absolute atomic E-state index is 0.144. The van der Waals surface area contributed by atoms with Crippen molar-refractivity contribution in [1.82, 2.24) is 0 Å². The highest BCUT2D eigenvalue weighted by atomic mass is 31.2. The zero-order valence-electron chi connectivity index (χ0n) is 13.3. The number of furan rings is 1. The fraction of sp³-hybridized carbons (Fsp3) is 0.294. The number of halogens is 2. The molecule has 0 saturated heterocycles. The fourth-order valence-corrected chi connectivity index (χ4v) is 4.27. The third-order valence-corrected chi connectivity index (χ3v) is 5.79. The van der Waals surface area contributed by atoms with E-state index in [-0.39, 0.29) is 18.6 Å². The highest BCUT2D eigenvalue weighted by molar-refractivity contribution is 7.54. The van der Waals surface area contributed by atoms with Crippen LogP contribution in [0.2, 0.25) is 0 Å². The van der Waals surface area contributed by atoms with Gasteiger partial charge in [0.1, 0.15) is 11.2 Å². The van der Waals surface area contributed by atoms with Crippen molar-refractivity contribution in [2.24, 2.45) is 0 Å². The molecule has 0 aliphatic carbocycles. The van der Waals surface area contributed by atoms with Gasteiger partial charge in [-0.3, -0.25) is 4.57 Å². The van der Waals surface area contributed by atoms with Crippen LogP contribution in [0.5, 0.6) is 0 Å². The van der Waals surface area contributed by atoms with E-state index in [4.69, 9.17) is 13.5 Å². The molecule has 0 aliphatic heterocycles. The van der Waals surface area contributed by atoms with Gasteiger partial charge in [-0.05, 0) is 26.0 Å². The average Bonchev–Trinajstić information content (AvgIpc) is 2.93. The van der Waals surface area contributed by atoms with E-state index < -0.39 is 18.8 Å². The van der Waals surface area contributed by atoms with Crippen LogP contribution in [0.4, 0.5) is 8.78 Å². The molecule has 3 aromatic rings. The molecule has 24 heavy (non-hydrogen) atoms. The van der Waals surface area contributed by atoms with E-state index in [0.29, 0.717) is 16.6 Å². The van der Waals surface area contributed by atoms with Gasteiger partial charge in [0.2, 0.25) is 0 Å². The molecule has 0 N–H and O–H groups in total. The van der Waals surface area contributed by atoms with Gasteiger partial charge < -0.3 is 13.5 Å². The Labute approximate surface area is 137 Å². The molecule has 0 bridgehead atoms. The van der Waals surface area contributed by atoms with Crippen LogP contribution in [0.3, 0.4) is 0 Å².